The lowest BCUT2D eigenvalue weighted by atomic mass is 10.2. The number of hydrogen-bond donors (Lipinski definition) is 2. The highest BCUT2D eigenvalue weighted by Crippen LogP contribution is 2.20. The van der Waals surface area contributed by atoms with E-state index in [4.69, 9.17) is 4.42 Å². The van der Waals surface area contributed by atoms with Gasteiger partial charge in [0.05, 0.1) is 13.1 Å². The van der Waals surface area contributed by atoms with Crippen LogP contribution in [0.2, 0.25) is 0 Å². The molecule has 0 atom stereocenters. The van der Waals surface area contributed by atoms with Gasteiger partial charge in [0.2, 0.25) is 5.91 Å². The van der Waals surface area contributed by atoms with Crippen LogP contribution in [0.25, 0.3) is 0 Å². The van der Waals surface area contributed by atoms with Crippen LogP contribution in [0.15, 0.2) is 40.8 Å². The van der Waals surface area contributed by atoms with E-state index in [0.717, 1.165) is 24.4 Å². The van der Waals surface area contributed by atoms with Crippen LogP contribution >= 0.6 is 0 Å². The summed E-state index contributed by atoms with van der Waals surface area (Å²) < 4.78 is 5.62. The van der Waals surface area contributed by atoms with E-state index in [1.165, 1.54) is 0 Å². The second kappa shape index (κ2) is 8.39. The molecule has 1 fully saturated rings. The topological polar surface area (TPSA) is 74.6 Å². The standard InChI is InChI=1S/C21H27N3O3/c1-14(2)24(12-19-10-7-15(3)27-19)13-20(25)22-18-6-4-5-16(11-18)21(26)23-17-8-9-17/h4-7,10-11,14,17H,8-9,12-13H2,1-3H3,(H,22,25)(H,23,26). The van der Waals surface area contributed by atoms with Crippen molar-refractivity contribution in [2.75, 3.05) is 11.9 Å². The summed E-state index contributed by atoms with van der Waals surface area (Å²) in [5.41, 5.74) is 1.19. The van der Waals surface area contributed by atoms with Crippen molar-refractivity contribution < 1.29 is 14.0 Å². The van der Waals surface area contributed by atoms with Crippen LogP contribution in [0.1, 0.15) is 48.6 Å². The SMILES string of the molecule is Cc1ccc(CN(CC(=O)Nc2cccc(C(=O)NC3CC3)c2)C(C)C)o1. The molecular formula is C21H27N3O3. The maximum Gasteiger partial charge on any atom is 0.251 e. The van der Waals surface area contributed by atoms with E-state index in [2.05, 4.69) is 10.6 Å². The number of nitrogens with zero attached hydrogens (tertiary/aromatic N) is 1. The molecule has 0 unspecified atom stereocenters. The van der Waals surface area contributed by atoms with Gasteiger partial charge in [-0.2, -0.15) is 0 Å². The van der Waals surface area contributed by atoms with Crippen molar-refractivity contribution in [2.45, 2.75) is 52.2 Å². The van der Waals surface area contributed by atoms with Crippen molar-refractivity contribution in [3.05, 3.63) is 53.5 Å². The Labute approximate surface area is 159 Å². The minimum absolute atomic E-state index is 0.0920. The number of rotatable bonds is 8. The van der Waals surface area contributed by atoms with E-state index in [-0.39, 0.29) is 24.4 Å². The van der Waals surface area contributed by atoms with Gasteiger partial charge in [-0.3, -0.25) is 14.5 Å². The van der Waals surface area contributed by atoms with E-state index >= 15 is 0 Å². The molecule has 1 aromatic carbocycles. The first-order valence-corrected chi connectivity index (χ1v) is 9.41. The number of nitrogens with one attached hydrogen (secondary N) is 2. The van der Waals surface area contributed by atoms with Gasteiger partial charge in [-0.25, -0.2) is 0 Å². The molecule has 1 aromatic heterocycles. The third-order valence-corrected chi connectivity index (χ3v) is 4.55. The lowest BCUT2D eigenvalue weighted by Crippen LogP contribution is -2.37. The number of amides is 2. The summed E-state index contributed by atoms with van der Waals surface area (Å²) in [6, 6.07) is 11.4. The molecule has 27 heavy (non-hydrogen) atoms. The van der Waals surface area contributed by atoms with E-state index in [9.17, 15) is 9.59 Å². The summed E-state index contributed by atoms with van der Waals surface area (Å²) in [6.45, 7) is 6.82. The first kappa shape index (κ1) is 19.2. The fraction of sp³-hybridized carbons (Fsp3) is 0.429. The average molecular weight is 369 g/mol. The van der Waals surface area contributed by atoms with Crippen LogP contribution in [-0.4, -0.2) is 35.3 Å². The Balaban J connectivity index is 1.59. The first-order valence-electron chi connectivity index (χ1n) is 9.41. The molecule has 0 spiro atoms. The Bertz CT molecular complexity index is 809. The van der Waals surface area contributed by atoms with Crippen LogP contribution in [-0.2, 0) is 11.3 Å². The summed E-state index contributed by atoms with van der Waals surface area (Å²) in [4.78, 5) is 26.7. The second-order valence-corrected chi connectivity index (χ2v) is 7.39. The maximum atomic E-state index is 12.5. The van der Waals surface area contributed by atoms with E-state index in [0.29, 0.717) is 23.8 Å². The van der Waals surface area contributed by atoms with Gasteiger partial charge < -0.3 is 15.1 Å². The molecule has 2 N–H and O–H groups in total. The van der Waals surface area contributed by atoms with Crippen LogP contribution in [0, 0.1) is 6.92 Å². The molecular weight excluding hydrogens is 342 g/mol. The normalized spacial score (nSPS) is 13.8. The van der Waals surface area contributed by atoms with Crippen molar-refractivity contribution in [2.24, 2.45) is 0 Å². The lowest BCUT2D eigenvalue weighted by molar-refractivity contribution is -0.117. The van der Waals surface area contributed by atoms with Crippen LogP contribution < -0.4 is 10.6 Å². The van der Waals surface area contributed by atoms with Gasteiger partial charge in [-0.15, -0.1) is 0 Å². The molecule has 6 nitrogen and oxygen atoms in total. The Morgan fingerprint density at radius 2 is 2.00 bits per heavy atom. The highest BCUT2D eigenvalue weighted by atomic mass is 16.3. The fourth-order valence-electron chi connectivity index (χ4n) is 2.81. The van der Waals surface area contributed by atoms with Gasteiger partial charge in [0, 0.05) is 23.3 Å². The van der Waals surface area contributed by atoms with Gasteiger partial charge in [0.1, 0.15) is 11.5 Å². The minimum Gasteiger partial charge on any atom is -0.465 e. The number of carbonyl (C=O) groups is 2. The predicted molar refractivity (Wildman–Crippen MR) is 105 cm³/mol. The van der Waals surface area contributed by atoms with E-state index < -0.39 is 0 Å². The van der Waals surface area contributed by atoms with Crippen molar-refractivity contribution in [1.82, 2.24) is 10.2 Å². The Morgan fingerprint density at radius 1 is 1.22 bits per heavy atom. The molecule has 2 aromatic rings. The lowest BCUT2D eigenvalue weighted by Gasteiger charge is -2.24. The van der Waals surface area contributed by atoms with Crippen LogP contribution in [0.4, 0.5) is 5.69 Å². The smallest absolute Gasteiger partial charge is 0.251 e. The van der Waals surface area contributed by atoms with Gasteiger partial charge in [0.25, 0.3) is 5.91 Å². The average Bonchev–Trinajstić information content (AvgIpc) is 3.34. The molecule has 1 saturated carbocycles. The molecule has 144 valence electrons. The maximum absolute atomic E-state index is 12.5. The highest BCUT2D eigenvalue weighted by molar-refractivity contribution is 5.97. The molecule has 1 aliphatic rings. The van der Waals surface area contributed by atoms with Gasteiger partial charge in [-0.05, 0) is 63.9 Å². The van der Waals surface area contributed by atoms with E-state index in [1.54, 1.807) is 24.3 Å². The number of carbonyl (C=O) groups excluding carboxylic acids is 2. The zero-order valence-electron chi connectivity index (χ0n) is 16.1. The third kappa shape index (κ3) is 5.69. The van der Waals surface area contributed by atoms with Crippen molar-refractivity contribution in [3.8, 4) is 0 Å². The summed E-state index contributed by atoms with van der Waals surface area (Å²) in [5.74, 6) is 1.49. The van der Waals surface area contributed by atoms with Crippen molar-refractivity contribution in [3.63, 3.8) is 0 Å². The first-order chi connectivity index (χ1) is 12.9. The Kier molecular flexibility index (Phi) is 5.96. The highest BCUT2D eigenvalue weighted by Gasteiger charge is 2.24. The summed E-state index contributed by atoms with van der Waals surface area (Å²) >= 11 is 0. The molecule has 1 aliphatic carbocycles. The predicted octanol–water partition coefficient (Wildman–Crippen LogP) is 3.33. The van der Waals surface area contributed by atoms with Crippen molar-refractivity contribution >= 4 is 17.5 Å². The molecule has 1 heterocycles. The summed E-state index contributed by atoms with van der Waals surface area (Å²) in [7, 11) is 0. The zero-order chi connectivity index (χ0) is 19.4. The largest absolute Gasteiger partial charge is 0.465 e. The van der Waals surface area contributed by atoms with Crippen molar-refractivity contribution in [1.29, 1.82) is 0 Å². The molecule has 2 amide bonds. The quantitative estimate of drug-likeness (QED) is 0.748. The Morgan fingerprint density at radius 3 is 2.63 bits per heavy atom. The Hall–Kier alpha value is -2.60. The number of furan rings is 1. The summed E-state index contributed by atoms with van der Waals surface area (Å²) in [6.07, 6.45) is 2.09. The van der Waals surface area contributed by atoms with E-state index in [1.807, 2.05) is 37.8 Å². The molecule has 3 rings (SSSR count). The third-order valence-electron chi connectivity index (χ3n) is 4.55. The minimum atomic E-state index is -0.119. The number of anilines is 1. The summed E-state index contributed by atoms with van der Waals surface area (Å²) in [5, 5.41) is 5.85. The molecule has 0 saturated heterocycles. The second-order valence-electron chi connectivity index (χ2n) is 7.39. The zero-order valence-corrected chi connectivity index (χ0v) is 16.1. The molecule has 0 radical (unpaired) electrons. The number of benzene rings is 1. The molecule has 0 aliphatic heterocycles. The monoisotopic (exact) mass is 369 g/mol. The van der Waals surface area contributed by atoms with Crippen LogP contribution in [0.5, 0.6) is 0 Å². The number of hydrogen-bond acceptors (Lipinski definition) is 4. The molecule has 0 bridgehead atoms. The van der Waals surface area contributed by atoms with Gasteiger partial charge in [0.15, 0.2) is 0 Å². The fourth-order valence-corrected chi connectivity index (χ4v) is 2.81. The van der Waals surface area contributed by atoms with Crippen LogP contribution in [0.3, 0.4) is 0 Å². The van der Waals surface area contributed by atoms with Gasteiger partial charge >= 0.3 is 0 Å². The van der Waals surface area contributed by atoms with Gasteiger partial charge in [-0.1, -0.05) is 6.07 Å². The molecule has 6 heteroatoms. The number of aryl methyl sites for hydroxylation is 1.